The summed E-state index contributed by atoms with van der Waals surface area (Å²) in [5.74, 6) is -2.10. The summed E-state index contributed by atoms with van der Waals surface area (Å²) in [6, 6.07) is 14.2. The molecule has 0 atom stereocenters. The summed E-state index contributed by atoms with van der Waals surface area (Å²) < 4.78 is 28.6. The van der Waals surface area contributed by atoms with Gasteiger partial charge in [-0.2, -0.15) is 0 Å². The number of ether oxygens (including phenoxy) is 3. The fourth-order valence-electron chi connectivity index (χ4n) is 2.93. The molecule has 0 unspecified atom stereocenters. The number of benzene rings is 3. The third kappa shape index (κ3) is 6.02. The van der Waals surface area contributed by atoms with Crippen LogP contribution in [0, 0.1) is 5.82 Å². The van der Waals surface area contributed by atoms with E-state index in [4.69, 9.17) is 25.8 Å². The minimum atomic E-state index is -0.898. The Kier molecular flexibility index (Phi) is 8.05. The first kappa shape index (κ1) is 24.5. The molecule has 0 aliphatic heterocycles. The van der Waals surface area contributed by atoms with Gasteiger partial charge in [-0.05, 0) is 36.4 Å². The zero-order valence-electron chi connectivity index (χ0n) is 18.2. The Morgan fingerprint density at radius 2 is 1.53 bits per heavy atom. The smallest absolute Gasteiger partial charge is 0.340 e. The predicted octanol–water partition coefficient (Wildman–Crippen LogP) is 4.54. The molecule has 3 aromatic rings. The third-order valence-corrected chi connectivity index (χ3v) is 4.90. The number of esters is 1. The molecule has 0 bridgehead atoms. The van der Waals surface area contributed by atoms with Crippen molar-refractivity contribution >= 4 is 40.8 Å². The van der Waals surface area contributed by atoms with Gasteiger partial charge in [-0.15, -0.1) is 0 Å². The second-order valence-corrected chi connectivity index (χ2v) is 7.23. The lowest BCUT2D eigenvalue weighted by Gasteiger charge is -2.15. The summed E-state index contributed by atoms with van der Waals surface area (Å²) in [6.07, 6.45) is 0. The third-order valence-electron chi connectivity index (χ3n) is 4.57. The maximum absolute atomic E-state index is 13.0. The van der Waals surface area contributed by atoms with Gasteiger partial charge in [-0.25, -0.2) is 9.18 Å². The van der Waals surface area contributed by atoms with Crippen LogP contribution in [0.3, 0.4) is 0 Å². The molecule has 0 aromatic heterocycles. The van der Waals surface area contributed by atoms with Crippen molar-refractivity contribution < 1.29 is 33.0 Å². The summed E-state index contributed by atoms with van der Waals surface area (Å²) in [4.78, 5) is 37.7. The molecule has 0 saturated carbocycles. The number of carbonyl (C=O) groups is 3. The van der Waals surface area contributed by atoms with Crippen molar-refractivity contribution in [1.82, 2.24) is 0 Å². The summed E-state index contributed by atoms with van der Waals surface area (Å²) in [7, 11) is 2.78. The first-order valence-corrected chi connectivity index (χ1v) is 10.2. The molecule has 0 saturated heterocycles. The van der Waals surface area contributed by atoms with E-state index in [1.807, 2.05) is 0 Å². The van der Waals surface area contributed by atoms with Crippen LogP contribution < -0.4 is 20.1 Å². The summed E-state index contributed by atoms with van der Waals surface area (Å²) in [5, 5.41) is 5.32. The van der Waals surface area contributed by atoms with Crippen LogP contribution in [0.5, 0.6) is 11.5 Å². The van der Waals surface area contributed by atoms with Crippen LogP contribution >= 0.6 is 11.6 Å². The second kappa shape index (κ2) is 11.2. The summed E-state index contributed by atoms with van der Waals surface area (Å²) >= 11 is 6.09. The van der Waals surface area contributed by atoms with Crippen LogP contribution in [0.15, 0.2) is 60.7 Å². The SMILES string of the molecule is COc1cc(NC(=O)c2ccccc2Cl)c(C(=O)OCC(=O)Nc2ccc(F)cc2)cc1OC. The molecule has 3 aromatic carbocycles. The van der Waals surface area contributed by atoms with E-state index in [2.05, 4.69) is 10.6 Å². The van der Waals surface area contributed by atoms with E-state index in [-0.39, 0.29) is 33.3 Å². The Balaban J connectivity index is 1.80. The van der Waals surface area contributed by atoms with E-state index in [0.29, 0.717) is 5.69 Å². The molecule has 8 nitrogen and oxygen atoms in total. The topological polar surface area (TPSA) is 103 Å². The zero-order chi connectivity index (χ0) is 24.7. The van der Waals surface area contributed by atoms with Gasteiger partial charge in [0.15, 0.2) is 18.1 Å². The normalized spacial score (nSPS) is 10.2. The highest BCUT2D eigenvalue weighted by Gasteiger charge is 2.22. The predicted molar refractivity (Wildman–Crippen MR) is 124 cm³/mol. The average molecular weight is 487 g/mol. The lowest BCUT2D eigenvalue weighted by molar-refractivity contribution is -0.119. The number of amides is 2. The van der Waals surface area contributed by atoms with Crippen molar-refractivity contribution in [3.05, 3.63) is 82.6 Å². The molecule has 2 N–H and O–H groups in total. The standard InChI is InChI=1S/C24H20ClFN2O6/c1-32-20-11-17(24(31)34-13-22(29)27-15-9-7-14(26)8-10-15)19(12-21(20)33-2)28-23(30)16-5-3-4-6-18(16)25/h3-12H,13H2,1-2H3,(H,27,29)(H,28,30). The molecule has 3 rings (SSSR count). The second-order valence-electron chi connectivity index (χ2n) is 6.82. The van der Waals surface area contributed by atoms with Crippen LogP contribution in [0.25, 0.3) is 0 Å². The van der Waals surface area contributed by atoms with Crippen LogP contribution in [0.2, 0.25) is 5.02 Å². The molecule has 0 fully saturated rings. The number of hydrogen-bond acceptors (Lipinski definition) is 6. The lowest BCUT2D eigenvalue weighted by atomic mass is 10.1. The molecule has 0 heterocycles. The van der Waals surface area contributed by atoms with Crippen LogP contribution in [-0.2, 0) is 9.53 Å². The van der Waals surface area contributed by atoms with Crippen molar-refractivity contribution in [3.63, 3.8) is 0 Å². The van der Waals surface area contributed by atoms with Crippen molar-refractivity contribution in [2.24, 2.45) is 0 Å². The molecule has 0 aliphatic rings. The van der Waals surface area contributed by atoms with Crippen molar-refractivity contribution in [3.8, 4) is 11.5 Å². The molecule has 0 aliphatic carbocycles. The highest BCUT2D eigenvalue weighted by molar-refractivity contribution is 6.34. The van der Waals surface area contributed by atoms with E-state index in [1.165, 1.54) is 56.7 Å². The summed E-state index contributed by atoms with van der Waals surface area (Å²) in [5.41, 5.74) is 0.511. The fourth-order valence-corrected chi connectivity index (χ4v) is 3.15. The van der Waals surface area contributed by atoms with Gasteiger partial charge in [-0.3, -0.25) is 9.59 Å². The van der Waals surface area contributed by atoms with Gasteiger partial charge in [-0.1, -0.05) is 23.7 Å². The largest absolute Gasteiger partial charge is 0.493 e. The fraction of sp³-hybridized carbons (Fsp3) is 0.125. The van der Waals surface area contributed by atoms with Gasteiger partial charge in [0.25, 0.3) is 11.8 Å². The van der Waals surface area contributed by atoms with Crippen molar-refractivity contribution in [1.29, 1.82) is 0 Å². The van der Waals surface area contributed by atoms with E-state index < -0.39 is 30.2 Å². The molecule has 0 radical (unpaired) electrons. The van der Waals surface area contributed by atoms with Crippen LogP contribution in [0.4, 0.5) is 15.8 Å². The van der Waals surface area contributed by atoms with Crippen LogP contribution in [0.1, 0.15) is 20.7 Å². The highest BCUT2D eigenvalue weighted by Crippen LogP contribution is 2.34. The van der Waals surface area contributed by atoms with Gasteiger partial charge in [0, 0.05) is 17.8 Å². The first-order valence-electron chi connectivity index (χ1n) is 9.86. The highest BCUT2D eigenvalue weighted by atomic mass is 35.5. The maximum atomic E-state index is 13.0. The number of carbonyl (C=O) groups excluding carboxylic acids is 3. The first-order chi connectivity index (χ1) is 16.3. The Morgan fingerprint density at radius 1 is 0.882 bits per heavy atom. The van der Waals surface area contributed by atoms with Crippen molar-refractivity contribution in [2.75, 3.05) is 31.5 Å². The minimum absolute atomic E-state index is 0.0616. The van der Waals surface area contributed by atoms with Crippen molar-refractivity contribution in [2.45, 2.75) is 0 Å². The molecule has 10 heteroatoms. The van der Waals surface area contributed by atoms with Gasteiger partial charge >= 0.3 is 5.97 Å². The number of halogens is 2. The number of rotatable bonds is 8. The van der Waals surface area contributed by atoms with E-state index in [1.54, 1.807) is 18.2 Å². The Labute approximate surface area is 199 Å². The Morgan fingerprint density at radius 3 is 2.18 bits per heavy atom. The monoisotopic (exact) mass is 486 g/mol. The quantitative estimate of drug-likeness (QED) is 0.453. The number of hydrogen-bond donors (Lipinski definition) is 2. The van der Waals surface area contributed by atoms with E-state index >= 15 is 0 Å². The Hall–Kier alpha value is -4.11. The molecular formula is C24H20ClFN2O6. The Bertz CT molecular complexity index is 1220. The zero-order valence-corrected chi connectivity index (χ0v) is 18.9. The molecule has 2 amide bonds. The van der Waals surface area contributed by atoms with Gasteiger partial charge in [0.05, 0.1) is 36.1 Å². The van der Waals surface area contributed by atoms with E-state index in [0.717, 1.165) is 0 Å². The molecule has 176 valence electrons. The summed E-state index contributed by atoms with van der Waals surface area (Å²) in [6.45, 7) is -0.623. The lowest BCUT2D eigenvalue weighted by Crippen LogP contribution is -2.22. The minimum Gasteiger partial charge on any atom is -0.493 e. The van der Waals surface area contributed by atoms with Crippen LogP contribution in [-0.4, -0.2) is 38.6 Å². The number of methoxy groups -OCH3 is 2. The van der Waals surface area contributed by atoms with E-state index in [9.17, 15) is 18.8 Å². The molecule has 0 spiro atoms. The van der Waals surface area contributed by atoms with Gasteiger partial charge in [0.1, 0.15) is 5.82 Å². The number of nitrogens with one attached hydrogen (secondary N) is 2. The molecule has 34 heavy (non-hydrogen) atoms. The average Bonchev–Trinajstić information content (AvgIpc) is 2.83. The van der Waals surface area contributed by atoms with Gasteiger partial charge < -0.3 is 24.8 Å². The number of anilines is 2. The molecular weight excluding hydrogens is 467 g/mol. The van der Waals surface area contributed by atoms with Gasteiger partial charge in [0.2, 0.25) is 0 Å². The maximum Gasteiger partial charge on any atom is 0.340 e.